The number of anilines is 1. The van der Waals surface area contributed by atoms with Crippen LogP contribution >= 0.6 is 22.9 Å². The van der Waals surface area contributed by atoms with Gasteiger partial charge >= 0.3 is 5.97 Å². The van der Waals surface area contributed by atoms with E-state index in [1.165, 1.54) is 6.08 Å². The molecule has 2 rings (SSSR count). The van der Waals surface area contributed by atoms with Crippen LogP contribution in [0.25, 0.3) is 0 Å². The molecule has 0 aliphatic rings. The second-order valence-electron chi connectivity index (χ2n) is 4.90. The third-order valence-corrected chi connectivity index (χ3v) is 4.35. The van der Waals surface area contributed by atoms with Gasteiger partial charge in [-0.05, 0) is 19.1 Å². The van der Waals surface area contributed by atoms with Crippen LogP contribution < -0.4 is 10.1 Å². The van der Waals surface area contributed by atoms with E-state index >= 15 is 0 Å². The summed E-state index contributed by atoms with van der Waals surface area (Å²) in [5, 5.41) is 3.47. The lowest BCUT2D eigenvalue weighted by atomic mass is 10.3. The molecule has 1 aromatic carbocycles. The van der Waals surface area contributed by atoms with E-state index < -0.39 is 5.97 Å². The molecule has 0 unspecified atom stereocenters. The van der Waals surface area contributed by atoms with Crippen molar-refractivity contribution in [1.29, 1.82) is 0 Å². The number of carbonyl (C=O) groups excluding carboxylic acids is 2. The Bertz CT molecular complexity index is 776. The lowest BCUT2D eigenvalue weighted by Gasteiger charge is -2.07. The Hall–Kier alpha value is -2.38. The van der Waals surface area contributed by atoms with Crippen molar-refractivity contribution in [2.24, 2.45) is 0 Å². The Morgan fingerprint density at radius 1 is 1.40 bits per heavy atom. The molecule has 8 heteroatoms. The summed E-state index contributed by atoms with van der Waals surface area (Å²) in [5.74, 6) is -0.237. The predicted molar refractivity (Wildman–Crippen MR) is 97.5 cm³/mol. The molecule has 1 N–H and O–H groups in total. The van der Waals surface area contributed by atoms with Gasteiger partial charge in [0.1, 0.15) is 17.2 Å². The fourth-order valence-corrected chi connectivity index (χ4v) is 2.90. The lowest BCUT2D eigenvalue weighted by molar-refractivity contribution is -0.116. The third-order valence-electron chi connectivity index (χ3n) is 2.98. The normalized spacial score (nSPS) is 10.2. The van der Waals surface area contributed by atoms with Crippen LogP contribution in [0.4, 0.5) is 5.13 Å². The molecule has 1 aromatic heterocycles. The summed E-state index contributed by atoms with van der Waals surface area (Å²) >= 11 is 7.04. The Balaban J connectivity index is 1.85. The van der Waals surface area contributed by atoms with Crippen molar-refractivity contribution in [2.45, 2.75) is 13.3 Å². The number of amides is 1. The standard InChI is InChI=1S/C17H17ClN2O4S/c1-3-9-24-16(22)15-11(2)19-17(25-15)20-14(21)8-10-23-13-7-5-4-6-12(13)18/h3-7H,1,8-10H2,2H3,(H,19,20,21). The van der Waals surface area contributed by atoms with E-state index in [2.05, 4.69) is 16.9 Å². The van der Waals surface area contributed by atoms with Gasteiger partial charge in [-0.1, -0.05) is 47.7 Å². The molecule has 0 aliphatic heterocycles. The molecule has 132 valence electrons. The fourth-order valence-electron chi connectivity index (χ4n) is 1.84. The predicted octanol–water partition coefficient (Wildman–Crippen LogP) is 3.86. The van der Waals surface area contributed by atoms with Gasteiger partial charge in [-0.15, -0.1) is 0 Å². The third kappa shape index (κ3) is 5.58. The van der Waals surface area contributed by atoms with Gasteiger partial charge in [0.2, 0.25) is 5.91 Å². The number of carbonyl (C=O) groups is 2. The van der Waals surface area contributed by atoms with Gasteiger partial charge in [0, 0.05) is 0 Å². The number of hydrogen-bond acceptors (Lipinski definition) is 6. The second-order valence-corrected chi connectivity index (χ2v) is 6.30. The minimum absolute atomic E-state index is 0.122. The molecule has 0 saturated carbocycles. The smallest absolute Gasteiger partial charge is 0.350 e. The Morgan fingerprint density at radius 2 is 2.16 bits per heavy atom. The highest BCUT2D eigenvalue weighted by molar-refractivity contribution is 7.17. The van der Waals surface area contributed by atoms with E-state index in [1.807, 2.05) is 0 Å². The van der Waals surface area contributed by atoms with Crippen molar-refractivity contribution in [2.75, 3.05) is 18.5 Å². The lowest BCUT2D eigenvalue weighted by Crippen LogP contribution is -2.15. The van der Waals surface area contributed by atoms with Gasteiger partial charge in [-0.25, -0.2) is 9.78 Å². The number of nitrogens with one attached hydrogen (secondary N) is 1. The number of halogens is 1. The average Bonchev–Trinajstić information content (AvgIpc) is 2.94. The number of hydrogen-bond donors (Lipinski definition) is 1. The minimum Gasteiger partial charge on any atom is -0.491 e. The minimum atomic E-state index is -0.488. The van der Waals surface area contributed by atoms with E-state index in [0.29, 0.717) is 26.5 Å². The van der Waals surface area contributed by atoms with Crippen LogP contribution in [0, 0.1) is 6.92 Å². The molecule has 0 spiro atoms. The number of aryl methyl sites for hydroxylation is 1. The van der Waals surface area contributed by atoms with Gasteiger partial charge in [0.25, 0.3) is 0 Å². The summed E-state index contributed by atoms with van der Waals surface area (Å²) in [7, 11) is 0. The van der Waals surface area contributed by atoms with Gasteiger partial charge in [-0.2, -0.15) is 0 Å². The summed E-state index contributed by atoms with van der Waals surface area (Å²) in [4.78, 5) is 28.3. The first-order valence-electron chi connectivity index (χ1n) is 7.44. The number of rotatable bonds is 8. The van der Waals surface area contributed by atoms with E-state index in [0.717, 1.165) is 11.3 Å². The first-order valence-corrected chi connectivity index (χ1v) is 8.63. The van der Waals surface area contributed by atoms with Gasteiger partial charge in [0.05, 0.1) is 23.7 Å². The van der Waals surface area contributed by atoms with Crippen molar-refractivity contribution < 1.29 is 19.1 Å². The molecule has 1 amide bonds. The Labute approximate surface area is 154 Å². The van der Waals surface area contributed by atoms with E-state index in [1.54, 1.807) is 31.2 Å². The molecular formula is C17H17ClN2O4S. The van der Waals surface area contributed by atoms with E-state index in [4.69, 9.17) is 21.1 Å². The monoisotopic (exact) mass is 380 g/mol. The quantitative estimate of drug-likeness (QED) is 0.555. The zero-order chi connectivity index (χ0) is 18.2. The molecule has 0 aliphatic carbocycles. The highest BCUT2D eigenvalue weighted by Crippen LogP contribution is 2.24. The number of benzene rings is 1. The number of thiazole rings is 1. The first kappa shape index (κ1) is 19.0. The van der Waals surface area contributed by atoms with Gasteiger partial charge < -0.3 is 14.8 Å². The number of ether oxygens (including phenoxy) is 2. The molecule has 0 bridgehead atoms. The van der Waals surface area contributed by atoms with E-state index in [9.17, 15) is 9.59 Å². The van der Waals surface area contributed by atoms with Crippen LogP contribution in [-0.4, -0.2) is 30.1 Å². The topological polar surface area (TPSA) is 77.5 Å². The Morgan fingerprint density at radius 3 is 2.88 bits per heavy atom. The summed E-state index contributed by atoms with van der Waals surface area (Å²) in [6.45, 7) is 5.46. The molecule has 2 aromatic rings. The maximum Gasteiger partial charge on any atom is 0.350 e. The van der Waals surface area contributed by atoms with Crippen molar-refractivity contribution in [3.63, 3.8) is 0 Å². The summed E-state index contributed by atoms with van der Waals surface area (Å²) in [6, 6.07) is 7.03. The molecule has 25 heavy (non-hydrogen) atoms. The van der Waals surface area contributed by atoms with Crippen molar-refractivity contribution >= 4 is 39.9 Å². The van der Waals surface area contributed by atoms with Crippen LogP contribution in [-0.2, 0) is 9.53 Å². The van der Waals surface area contributed by atoms with Crippen LogP contribution in [0.15, 0.2) is 36.9 Å². The van der Waals surface area contributed by atoms with Crippen LogP contribution in [0.2, 0.25) is 5.02 Å². The largest absolute Gasteiger partial charge is 0.491 e. The summed E-state index contributed by atoms with van der Waals surface area (Å²) < 4.78 is 10.4. The van der Waals surface area contributed by atoms with Crippen LogP contribution in [0.5, 0.6) is 5.75 Å². The Kier molecular flexibility index (Phi) is 6.97. The molecule has 0 fully saturated rings. The van der Waals surface area contributed by atoms with Crippen LogP contribution in [0.3, 0.4) is 0 Å². The highest BCUT2D eigenvalue weighted by Gasteiger charge is 2.17. The molecule has 6 nitrogen and oxygen atoms in total. The summed E-state index contributed by atoms with van der Waals surface area (Å²) in [6.07, 6.45) is 1.61. The summed E-state index contributed by atoms with van der Waals surface area (Å²) in [5.41, 5.74) is 0.502. The molecule has 0 radical (unpaired) electrons. The number of esters is 1. The first-order chi connectivity index (χ1) is 12.0. The number of nitrogens with zero attached hydrogens (tertiary/aromatic N) is 1. The fraction of sp³-hybridized carbons (Fsp3) is 0.235. The van der Waals surface area contributed by atoms with E-state index in [-0.39, 0.29) is 25.5 Å². The zero-order valence-electron chi connectivity index (χ0n) is 13.6. The maximum absolute atomic E-state index is 12.0. The van der Waals surface area contributed by atoms with Crippen LogP contribution in [0.1, 0.15) is 21.8 Å². The molecule has 1 heterocycles. The maximum atomic E-state index is 12.0. The van der Waals surface area contributed by atoms with Crippen molar-refractivity contribution in [1.82, 2.24) is 4.98 Å². The SMILES string of the molecule is C=CCOC(=O)c1sc(NC(=O)CCOc2ccccc2Cl)nc1C. The van der Waals surface area contributed by atoms with Gasteiger partial charge in [-0.3, -0.25) is 4.79 Å². The molecule has 0 saturated heterocycles. The average molecular weight is 381 g/mol. The van der Waals surface area contributed by atoms with Gasteiger partial charge in [0.15, 0.2) is 5.13 Å². The number of aromatic nitrogens is 1. The molecular weight excluding hydrogens is 364 g/mol. The molecule has 0 atom stereocenters. The van der Waals surface area contributed by atoms with Crippen molar-refractivity contribution in [3.05, 3.63) is 52.5 Å². The zero-order valence-corrected chi connectivity index (χ0v) is 15.2. The van der Waals surface area contributed by atoms with Crippen molar-refractivity contribution in [3.8, 4) is 5.75 Å². The highest BCUT2D eigenvalue weighted by atomic mass is 35.5. The number of para-hydroxylation sites is 1. The second kappa shape index (κ2) is 9.19.